The van der Waals surface area contributed by atoms with Gasteiger partial charge in [-0.1, -0.05) is 65.9 Å². The summed E-state index contributed by atoms with van der Waals surface area (Å²) in [5.41, 5.74) is 2.87. The number of carbonyl (C=O) groups is 1. The SMILES string of the molecule is O=C(NCc1ccccc1)NC1COC2C1OCC2n1cc(-c2ccccc2)nn1. The smallest absolute Gasteiger partial charge is 0.315 e. The van der Waals surface area contributed by atoms with Crippen molar-refractivity contribution in [3.63, 3.8) is 0 Å². The summed E-state index contributed by atoms with van der Waals surface area (Å²) < 4.78 is 13.8. The Kier molecular flexibility index (Phi) is 5.17. The number of hydrogen-bond donors (Lipinski definition) is 2. The Hall–Kier alpha value is -3.23. The molecule has 4 atom stereocenters. The average Bonchev–Trinajstić information content (AvgIpc) is 3.51. The van der Waals surface area contributed by atoms with Crippen molar-refractivity contribution in [1.82, 2.24) is 25.6 Å². The topological polar surface area (TPSA) is 90.3 Å². The van der Waals surface area contributed by atoms with Gasteiger partial charge in [0.1, 0.15) is 23.9 Å². The number of carbonyl (C=O) groups excluding carboxylic acids is 1. The Bertz CT molecular complexity index is 994. The van der Waals surface area contributed by atoms with Gasteiger partial charge in [-0.2, -0.15) is 0 Å². The normalized spacial score (nSPS) is 25.1. The fourth-order valence-electron chi connectivity index (χ4n) is 4.01. The van der Waals surface area contributed by atoms with E-state index in [1.54, 1.807) is 0 Å². The maximum atomic E-state index is 12.3. The van der Waals surface area contributed by atoms with Crippen molar-refractivity contribution in [2.45, 2.75) is 30.8 Å². The van der Waals surface area contributed by atoms with E-state index in [9.17, 15) is 4.79 Å². The molecular formula is C22H23N5O3. The van der Waals surface area contributed by atoms with Crippen LogP contribution in [0.1, 0.15) is 11.6 Å². The molecule has 0 saturated carbocycles. The Morgan fingerprint density at radius 2 is 1.73 bits per heavy atom. The molecule has 30 heavy (non-hydrogen) atoms. The fraction of sp³-hybridized carbons (Fsp3) is 0.318. The highest BCUT2D eigenvalue weighted by Crippen LogP contribution is 2.34. The van der Waals surface area contributed by atoms with Gasteiger partial charge < -0.3 is 20.1 Å². The number of ether oxygens (including phenoxy) is 2. The number of fused-ring (bicyclic) bond motifs is 1. The largest absolute Gasteiger partial charge is 0.371 e. The molecule has 4 unspecified atom stereocenters. The van der Waals surface area contributed by atoms with Gasteiger partial charge >= 0.3 is 6.03 Å². The van der Waals surface area contributed by atoms with E-state index in [1.165, 1.54) is 0 Å². The summed E-state index contributed by atoms with van der Waals surface area (Å²) in [6.07, 6.45) is 1.54. The summed E-state index contributed by atoms with van der Waals surface area (Å²) in [6, 6.07) is 19.2. The molecule has 2 aromatic carbocycles. The maximum Gasteiger partial charge on any atom is 0.315 e. The third-order valence-electron chi connectivity index (χ3n) is 5.56. The minimum Gasteiger partial charge on any atom is -0.371 e. The van der Waals surface area contributed by atoms with Crippen LogP contribution in [-0.2, 0) is 16.0 Å². The highest BCUT2D eigenvalue weighted by molar-refractivity contribution is 5.74. The van der Waals surface area contributed by atoms with Gasteiger partial charge in [0.2, 0.25) is 0 Å². The molecule has 2 N–H and O–H groups in total. The van der Waals surface area contributed by atoms with Crippen LogP contribution in [0.5, 0.6) is 0 Å². The predicted molar refractivity (Wildman–Crippen MR) is 110 cm³/mol. The summed E-state index contributed by atoms with van der Waals surface area (Å²) >= 11 is 0. The van der Waals surface area contributed by atoms with Crippen LogP contribution < -0.4 is 10.6 Å². The van der Waals surface area contributed by atoms with Crippen molar-refractivity contribution < 1.29 is 14.3 Å². The van der Waals surface area contributed by atoms with Gasteiger partial charge in [-0.05, 0) is 5.56 Å². The molecule has 2 amide bonds. The molecule has 1 aromatic heterocycles. The molecule has 5 rings (SSSR count). The van der Waals surface area contributed by atoms with Crippen LogP contribution in [0.4, 0.5) is 4.79 Å². The molecule has 2 saturated heterocycles. The first kappa shape index (κ1) is 18.8. The van der Waals surface area contributed by atoms with Gasteiger partial charge in [0.25, 0.3) is 0 Å². The number of nitrogens with zero attached hydrogens (tertiary/aromatic N) is 3. The van der Waals surface area contributed by atoms with Crippen LogP contribution in [0.25, 0.3) is 11.3 Å². The number of benzene rings is 2. The van der Waals surface area contributed by atoms with Crippen molar-refractivity contribution >= 4 is 6.03 Å². The molecule has 2 aliphatic heterocycles. The molecule has 0 spiro atoms. The molecule has 2 aliphatic rings. The Morgan fingerprint density at radius 3 is 2.53 bits per heavy atom. The molecular weight excluding hydrogens is 382 g/mol. The lowest BCUT2D eigenvalue weighted by Gasteiger charge is -2.18. The minimum absolute atomic E-state index is 0.0702. The lowest BCUT2D eigenvalue weighted by Crippen LogP contribution is -2.48. The number of urea groups is 1. The molecule has 3 heterocycles. The first-order chi connectivity index (χ1) is 14.8. The van der Waals surface area contributed by atoms with Crippen molar-refractivity contribution in [3.05, 3.63) is 72.4 Å². The van der Waals surface area contributed by atoms with Crippen molar-refractivity contribution in [2.75, 3.05) is 13.2 Å². The van der Waals surface area contributed by atoms with Gasteiger partial charge in [-0.3, -0.25) is 0 Å². The molecule has 3 aromatic rings. The standard InChI is InChI=1S/C22H23N5O3/c28-22(23-11-15-7-3-1-4-8-15)24-18-13-29-21-19(14-30-20(18)21)27-12-17(25-26-27)16-9-5-2-6-10-16/h1-10,12,18-21H,11,13-14H2,(H2,23,24,28). The van der Waals surface area contributed by atoms with E-state index >= 15 is 0 Å². The zero-order chi connectivity index (χ0) is 20.3. The second kappa shape index (κ2) is 8.25. The second-order valence-electron chi connectivity index (χ2n) is 7.53. The van der Waals surface area contributed by atoms with Crippen molar-refractivity contribution in [2.24, 2.45) is 0 Å². The van der Waals surface area contributed by atoms with Crippen LogP contribution >= 0.6 is 0 Å². The van der Waals surface area contributed by atoms with Crippen LogP contribution in [0, 0.1) is 0 Å². The molecule has 0 radical (unpaired) electrons. The summed E-state index contributed by atoms with van der Waals surface area (Å²) in [5.74, 6) is 0. The van der Waals surface area contributed by atoms with E-state index in [0.29, 0.717) is 19.8 Å². The minimum atomic E-state index is -0.229. The first-order valence-electron chi connectivity index (χ1n) is 10.1. The lowest BCUT2D eigenvalue weighted by molar-refractivity contribution is 0.0622. The third-order valence-corrected chi connectivity index (χ3v) is 5.56. The molecule has 0 aliphatic carbocycles. The van der Waals surface area contributed by atoms with Gasteiger partial charge in [-0.25, -0.2) is 9.48 Å². The lowest BCUT2D eigenvalue weighted by atomic mass is 10.1. The van der Waals surface area contributed by atoms with Crippen molar-refractivity contribution in [3.8, 4) is 11.3 Å². The Morgan fingerprint density at radius 1 is 1.00 bits per heavy atom. The van der Waals surface area contributed by atoms with Crippen LogP contribution in [0.3, 0.4) is 0 Å². The summed E-state index contributed by atoms with van der Waals surface area (Å²) in [4.78, 5) is 12.3. The van der Waals surface area contributed by atoms with Gasteiger partial charge in [0, 0.05) is 12.1 Å². The van der Waals surface area contributed by atoms with Gasteiger partial charge in [0.05, 0.1) is 25.5 Å². The molecule has 8 nitrogen and oxygen atoms in total. The van der Waals surface area contributed by atoms with Crippen molar-refractivity contribution in [1.29, 1.82) is 0 Å². The van der Waals surface area contributed by atoms with Gasteiger partial charge in [0.15, 0.2) is 0 Å². The Balaban J connectivity index is 1.19. The maximum absolute atomic E-state index is 12.3. The summed E-state index contributed by atoms with van der Waals surface area (Å²) in [6.45, 7) is 1.35. The Labute approximate surface area is 174 Å². The molecule has 154 valence electrons. The second-order valence-corrected chi connectivity index (χ2v) is 7.53. The van der Waals surface area contributed by atoms with Gasteiger partial charge in [-0.15, -0.1) is 5.10 Å². The molecule has 0 bridgehead atoms. The van der Waals surface area contributed by atoms with E-state index < -0.39 is 0 Å². The number of amides is 2. The van der Waals surface area contributed by atoms with E-state index in [2.05, 4.69) is 20.9 Å². The van der Waals surface area contributed by atoms with Crippen LogP contribution in [-0.4, -0.2) is 52.5 Å². The fourth-order valence-corrected chi connectivity index (χ4v) is 4.01. The number of aromatic nitrogens is 3. The van der Waals surface area contributed by atoms with E-state index in [1.807, 2.05) is 71.5 Å². The highest BCUT2D eigenvalue weighted by atomic mass is 16.6. The van der Waals surface area contributed by atoms with E-state index in [-0.39, 0.29) is 30.3 Å². The summed E-state index contributed by atoms with van der Waals surface area (Å²) in [7, 11) is 0. The highest BCUT2D eigenvalue weighted by Gasteiger charge is 2.49. The average molecular weight is 405 g/mol. The monoisotopic (exact) mass is 405 g/mol. The van der Waals surface area contributed by atoms with E-state index in [0.717, 1.165) is 16.8 Å². The quantitative estimate of drug-likeness (QED) is 0.679. The van der Waals surface area contributed by atoms with Crippen LogP contribution in [0.2, 0.25) is 0 Å². The zero-order valence-electron chi connectivity index (χ0n) is 16.3. The number of hydrogen-bond acceptors (Lipinski definition) is 5. The zero-order valence-corrected chi connectivity index (χ0v) is 16.3. The molecule has 2 fully saturated rings. The van der Waals surface area contributed by atoms with Crippen LogP contribution in [0.15, 0.2) is 66.9 Å². The summed E-state index contributed by atoms with van der Waals surface area (Å²) in [5, 5.41) is 14.4. The molecule has 8 heteroatoms. The van der Waals surface area contributed by atoms with E-state index in [4.69, 9.17) is 9.47 Å². The third kappa shape index (κ3) is 3.79. The number of rotatable bonds is 5. The first-order valence-corrected chi connectivity index (χ1v) is 10.1. The predicted octanol–water partition coefficient (Wildman–Crippen LogP) is 2.15. The number of nitrogens with one attached hydrogen (secondary N) is 2.